The van der Waals surface area contributed by atoms with Crippen molar-refractivity contribution in [3.63, 3.8) is 0 Å². The van der Waals surface area contributed by atoms with E-state index in [-0.39, 0.29) is 17.6 Å². The van der Waals surface area contributed by atoms with Crippen molar-refractivity contribution in [1.29, 1.82) is 0 Å². The third-order valence-corrected chi connectivity index (χ3v) is 6.08. The van der Waals surface area contributed by atoms with Crippen LogP contribution in [0.2, 0.25) is 0 Å². The lowest BCUT2D eigenvalue weighted by molar-refractivity contribution is -0.387. The van der Waals surface area contributed by atoms with Crippen LogP contribution in [0.25, 0.3) is 0 Å². The zero-order valence-electron chi connectivity index (χ0n) is 13.9. The molecule has 0 bridgehead atoms. The highest BCUT2D eigenvalue weighted by atomic mass is 32.2. The molecular formula is C16H18N4O3S2. The summed E-state index contributed by atoms with van der Waals surface area (Å²) < 4.78 is 0.746. The van der Waals surface area contributed by atoms with Crippen LogP contribution in [0.3, 0.4) is 0 Å². The number of nitrogens with one attached hydrogen (secondary N) is 1. The molecule has 2 heterocycles. The van der Waals surface area contributed by atoms with E-state index in [1.807, 2.05) is 19.2 Å². The number of benzene rings is 1. The third-order valence-electron chi connectivity index (χ3n) is 3.96. The Labute approximate surface area is 153 Å². The topological polar surface area (TPSA) is 88.4 Å². The van der Waals surface area contributed by atoms with Crippen molar-refractivity contribution in [3.8, 4) is 0 Å². The van der Waals surface area contributed by atoms with Gasteiger partial charge in [0.25, 0.3) is 11.6 Å². The first-order chi connectivity index (χ1) is 12.0. The van der Waals surface area contributed by atoms with Crippen molar-refractivity contribution in [2.45, 2.75) is 29.1 Å². The van der Waals surface area contributed by atoms with Crippen LogP contribution < -0.4 is 5.32 Å². The molecule has 9 heteroatoms. The number of nitro groups is 1. The number of carbonyl (C=O) groups is 1. The highest BCUT2D eigenvalue weighted by Gasteiger charge is 2.26. The summed E-state index contributed by atoms with van der Waals surface area (Å²) in [5.41, 5.74) is 1.17. The second-order valence-corrected chi connectivity index (χ2v) is 8.00. The lowest BCUT2D eigenvalue weighted by Crippen LogP contribution is -2.52. The van der Waals surface area contributed by atoms with E-state index in [9.17, 15) is 14.9 Å². The number of piperazine rings is 1. The Hall–Kier alpha value is -1.97. The molecule has 1 aromatic heterocycles. The molecule has 1 N–H and O–H groups in total. The second kappa shape index (κ2) is 7.51. The molecule has 1 aliphatic rings. The predicted molar refractivity (Wildman–Crippen MR) is 97.4 cm³/mol. The van der Waals surface area contributed by atoms with Crippen molar-refractivity contribution in [2.75, 3.05) is 19.6 Å². The first-order valence-electron chi connectivity index (χ1n) is 7.86. The third kappa shape index (κ3) is 4.00. The van der Waals surface area contributed by atoms with E-state index in [1.165, 1.54) is 29.2 Å². The number of carbonyl (C=O) groups excluding carboxylic acids is 1. The molecule has 1 saturated heterocycles. The van der Waals surface area contributed by atoms with Gasteiger partial charge in [-0.2, -0.15) is 0 Å². The molecule has 1 amide bonds. The lowest BCUT2D eigenvalue weighted by atomic mass is 10.1. The summed E-state index contributed by atoms with van der Waals surface area (Å²) in [6.45, 7) is 5.90. The first kappa shape index (κ1) is 17.8. The minimum absolute atomic E-state index is 0.0626. The Bertz CT molecular complexity index is 808. The summed E-state index contributed by atoms with van der Waals surface area (Å²) in [5.74, 6) is -0.168. The van der Waals surface area contributed by atoms with Gasteiger partial charge in [0.15, 0.2) is 4.34 Å². The fraction of sp³-hybridized carbons (Fsp3) is 0.375. The monoisotopic (exact) mass is 378 g/mol. The van der Waals surface area contributed by atoms with Crippen LogP contribution in [0.1, 0.15) is 23.0 Å². The van der Waals surface area contributed by atoms with E-state index in [4.69, 9.17) is 0 Å². The molecule has 1 aliphatic heterocycles. The smallest absolute Gasteiger partial charge is 0.284 e. The summed E-state index contributed by atoms with van der Waals surface area (Å²) in [7, 11) is 0. The Kier molecular flexibility index (Phi) is 5.36. The normalized spacial score (nSPS) is 17.5. The van der Waals surface area contributed by atoms with Gasteiger partial charge in [0, 0.05) is 48.4 Å². The van der Waals surface area contributed by atoms with Gasteiger partial charge < -0.3 is 10.2 Å². The highest BCUT2D eigenvalue weighted by Crippen LogP contribution is 2.37. The maximum absolute atomic E-state index is 12.7. The molecule has 0 spiro atoms. The van der Waals surface area contributed by atoms with Gasteiger partial charge in [-0.25, -0.2) is 4.98 Å². The minimum Gasteiger partial charge on any atom is -0.333 e. The number of aryl methyl sites for hydroxylation is 1. The van der Waals surface area contributed by atoms with Gasteiger partial charge in [0.2, 0.25) is 0 Å². The number of nitrogens with zero attached hydrogens (tertiary/aromatic N) is 3. The van der Waals surface area contributed by atoms with E-state index in [1.54, 1.807) is 17.0 Å². The van der Waals surface area contributed by atoms with Gasteiger partial charge in [-0.3, -0.25) is 14.9 Å². The SMILES string of the molecule is Cc1csc(Sc2ccc(C(=O)N3CCNC[C@@H]3C)cc2[N+](=O)[O-])n1. The van der Waals surface area contributed by atoms with Gasteiger partial charge in [-0.1, -0.05) is 11.8 Å². The zero-order chi connectivity index (χ0) is 18.0. The Balaban J connectivity index is 1.88. The standard InChI is InChI=1S/C16H18N4O3S2/c1-10-9-24-16(18-10)25-14-4-3-12(7-13(14)20(22)23)15(21)19-6-5-17-8-11(19)2/h3-4,7,9,11,17H,5-6,8H2,1-2H3/t11-/m0/s1. The minimum atomic E-state index is -0.444. The van der Waals surface area contributed by atoms with Crippen molar-refractivity contribution in [3.05, 3.63) is 45.0 Å². The van der Waals surface area contributed by atoms with Crippen LogP contribution in [-0.2, 0) is 0 Å². The van der Waals surface area contributed by atoms with Crippen molar-refractivity contribution >= 4 is 34.7 Å². The molecule has 1 fully saturated rings. The second-order valence-electron chi connectivity index (χ2n) is 5.85. The average molecular weight is 378 g/mol. The molecule has 1 aromatic carbocycles. The summed E-state index contributed by atoms with van der Waals surface area (Å²) in [6.07, 6.45) is 0. The molecule has 0 aliphatic carbocycles. The number of hydrogen-bond donors (Lipinski definition) is 1. The molecule has 0 radical (unpaired) electrons. The molecule has 25 heavy (non-hydrogen) atoms. The summed E-state index contributed by atoms with van der Waals surface area (Å²) in [6, 6.07) is 4.74. The molecule has 2 aromatic rings. The number of aromatic nitrogens is 1. The summed E-state index contributed by atoms with van der Waals surface area (Å²) in [5, 5.41) is 16.6. The fourth-order valence-electron chi connectivity index (χ4n) is 2.66. The maximum atomic E-state index is 12.7. The molecule has 0 unspecified atom stereocenters. The maximum Gasteiger partial charge on any atom is 0.284 e. The molecule has 1 atom stereocenters. The van der Waals surface area contributed by atoms with Crippen molar-refractivity contribution < 1.29 is 9.72 Å². The average Bonchev–Trinajstić information content (AvgIpc) is 3.00. The van der Waals surface area contributed by atoms with Gasteiger partial charge in [0.1, 0.15) is 0 Å². The van der Waals surface area contributed by atoms with Crippen LogP contribution in [0.4, 0.5) is 5.69 Å². The molecule has 0 saturated carbocycles. The Morgan fingerprint density at radius 2 is 2.32 bits per heavy atom. The molecule has 3 rings (SSSR count). The van der Waals surface area contributed by atoms with E-state index in [2.05, 4.69) is 10.3 Å². The van der Waals surface area contributed by atoms with E-state index in [0.29, 0.717) is 17.0 Å². The van der Waals surface area contributed by atoms with Crippen LogP contribution >= 0.6 is 23.1 Å². The van der Waals surface area contributed by atoms with Gasteiger partial charge in [-0.15, -0.1) is 11.3 Å². The van der Waals surface area contributed by atoms with Crippen molar-refractivity contribution in [2.24, 2.45) is 0 Å². The van der Waals surface area contributed by atoms with Crippen LogP contribution in [0.15, 0.2) is 32.8 Å². The van der Waals surface area contributed by atoms with E-state index in [0.717, 1.165) is 23.1 Å². The zero-order valence-corrected chi connectivity index (χ0v) is 15.5. The quantitative estimate of drug-likeness (QED) is 0.650. The fourth-order valence-corrected chi connectivity index (χ4v) is 4.54. The number of nitro benzene ring substituents is 1. The van der Waals surface area contributed by atoms with Crippen LogP contribution in [-0.4, -0.2) is 46.4 Å². The Morgan fingerprint density at radius 3 is 2.96 bits per heavy atom. The predicted octanol–water partition coefficient (Wildman–Crippen LogP) is 2.94. The molecular weight excluding hydrogens is 360 g/mol. The molecule has 132 valence electrons. The largest absolute Gasteiger partial charge is 0.333 e. The van der Waals surface area contributed by atoms with Crippen molar-refractivity contribution in [1.82, 2.24) is 15.2 Å². The summed E-state index contributed by atoms with van der Waals surface area (Å²) >= 11 is 2.70. The van der Waals surface area contributed by atoms with Crippen LogP contribution in [0.5, 0.6) is 0 Å². The number of hydrogen-bond acceptors (Lipinski definition) is 7. The first-order valence-corrected chi connectivity index (χ1v) is 9.55. The van der Waals surface area contributed by atoms with E-state index < -0.39 is 4.92 Å². The van der Waals surface area contributed by atoms with Crippen LogP contribution in [0, 0.1) is 17.0 Å². The number of amides is 1. The molecule has 7 nitrogen and oxygen atoms in total. The van der Waals surface area contributed by atoms with E-state index >= 15 is 0 Å². The van der Waals surface area contributed by atoms with Gasteiger partial charge >= 0.3 is 0 Å². The van der Waals surface area contributed by atoms with Gasteiger partial charge in [-0.05, 0) is 26.0 Å². The number of rotatable bonds is 4. The Morgan fingerprint density at radius 1 is 1.52 bits per heavy atom. The number of thiazole rings is 1. The highest BCUT2D eigenvalue weighted by molar-refractivity contribution is 8.01. The van der Waals surface area contributed by atoms with Gasteiger partial charge in [0.05, 0.1) is 9.82 Å². The lowest BCUT2D eigenvalue weighted by Gasteiger charge is -2.34. The summed E-state index contributed by atoms with van der Waals surface area (Å²) in [4.78, 5) is 30.3.